The van der Waals surface area contributed by atoms with Crippen LogP contribution in [0.15, 0.2) is 60.9 Å². The van der Waals surface area contributed by atoms with E-state index in [2.05, 4.69) is 5.32 Å². The standard InChI is InChI=1S/C18H14ClFN2O2/c1-24-13-5-6-14(15(20)11-13)18(23)21-16-7-4-12(19)10-17(16)22-8-2-3-9-22/h2-11H,1H3,(H,21,23). The first kappa shape index (κ1) is 16.1. The van der Waals surface area contributed by atoms with Gasteiger partial charge in [-0.15, -0.1) is 0 Å². The summed E-state index contributed by atoms with van der Waals surface area (Å²) in [6.45, 7) is 0. The van der Waals surface area contributed by atoms with Crippen LogP contribution in [0, 0.1) is 5.82 Å². The number of carbonyl (C=O) groups is 1. The van der Waals surface area contributed by atoms with Crippen LogP contribution in [0.2, 0.25) is 5.02 Å². The van der Waals surface area contributed by atoms with Crippen LogP contribution in [0.3, 0.4) is 0 Å². The van der Waals surface area contributed by atoms with Gasteiger partial charge in [-0.2, -0.15) is 0 Å². The van der Waals surface area contributed by atoms with Crippen molar-refractivity contribution in [3.63, 3.8) is 0 Å². The van der Waals surface area contributed by atoms with Crippen LogP contribution in [-0.2, 0) is 0 Å². The van der Waals surface area contributed by atoms with Crippen LogP contribution in [0.4, 0.5) is 10.1 Å². The van der Waals surface area contributed by atoms with Crippen molar-refractivity contribution in [3.05, 3.63) is 77.3 Å². The third kappa shape index (κ3) is 3.26. The molecule has 2 aromatic carbocycles. The first-order valence-corrected chi connectivity index (χ1v) is 7.54. The Morgan fingerprint density at radius 1 is 1.17 bits per heavy atom. The smallest absolute Gasteiger partial charge is 0.258 e. The number of carbonyl (C=O) groups excluding carboxylic acids is 1. The minimum Gasteiger partial charge on any atom is -0.497 e. The summed E-state index contributed by atoms with van der Waals surface area (Å²) in [5.74, 6) is -0.849. The van der Waals surface area contributed by atoms with Gasteiger partial charge in [0, 0.05) is 23.5 Å². The number of amides is 1. The Morgan fingerprint density at radius 2 is 1.92 bits per heavy atom. The lowest BCUT2D eigenvalue weighted by Gasteiger charge is -2.13. The van der Waals surface area contributed by atoms with Crippen LogP contribution in [0.25, 0.3) is 5.69 Å². The zero-order valence-corrected chi connectivity index (χ0v) is 13.5. The van der Waals surface area contributed by atoms with Crippen LogP contribution in [0.5, 0.6) is 5.75 Å². The number of nitrogens with one attached hydrogen (secondary N) is 1. The van der Waals surface area contributed by atoms with E-state index in [0.717, 1.165) is 0 Å². The maximum absolute atomic E-state index is 14.1. The number of halogens is 2. The molecule has 1 N–H and O–H groups in total. The fourth-order valence-electron chi connectivity index (χ4n) is 2.32. The number of anilines is 1. The van der Waals surface area contributed by atoms with Gasteiger partial charge >= 0.3 is 0 Å². The molecule has 0 saturated carbocycles. The summed E-state index contributed by atoms with van der Waals surface area (Å²) in [5, 5.41) is 3.26. The molecule has 0 saturated heterocycles. The number of aromatic nitrogens is 1. The van der Waals surface area contributed by atoms with Gasteiger partial charge in [-0.1, -0.05) is 11.6 Å². The molecular formula is C18H14ClFN2O2. The molecule has 0 unspecified atom stereocenters. The normalized spacial score (nSPS) is 10.5. The molecule has 0 aliphatic rings. The highest BCUT2D eigenvalue weighted by molar-refractivity contribution is 6.31. The lowest BCUT2D eigenvalue weighted by molar-refractivity contribution is 0.102. The molecular weight excluding hydrogens is 331 g/mol. The van der Waals surface area contributed by atoms with E-state index in [0.29, 0.717) is 22.1 Å². The maximum Gasteiger partial charge on any atom is 0.258 e. The molecule has 1 aromatic heterocycles. The minimum atomic E-state index is -0.650. The van der Waals surface area contributed by atoms with Gasteiger partial charge in [-0.3, -0.25) is 4.79 Å². The average molecular weight is 345 g/mol. The van der Waals surface area contributed by atoms with Crippen LogP contribution in [-0.4, -0.2) is 17.6 Å². The van der Waals surface area contributed by atoms with Crippen molar-refractivity contribution in [1.82, 2.24) is 4.57 Å². The second-order valence-corrected chi connectivity index (χ2v) is 5.49. The topological polar surface area (TPSA) is 43.3 Å². The summed E-state index contributed by atoms with van der Waals surface area (Å²) in [6, 6.07) is 12.9. The van der Waals surface area contributed by atoms with Crippen molar-refractivity contribution in [2.75, 3.05) is 12.4 Å². The van der Waals surface area contributed by atoms with E-state index in [4.69, 9.17) is 16.3 Å². The fourth-order valence-corrected chi connectivity index (χ4v) is 2.48. The highest BCUT2D eigenvalue weighted by Gasteiger charge is 2.15. The number of hydrogen-bond acceptors (Lipinski definition) is 2. The molecule has 1 amide bonds. The fraction of sp³-hybridized carbons (Fsp3) is 0.0556. The number of hydrogen-bond donors (Lipinski definition) is 1. The van der Waals surface area contributed by atoms with Crippen molar-refractivity contribution < 1.29 is 13.9 Å². The second kappa shape index (κ2) is 6.76. The highest BCUT2D eigenvalue weighted by atomic mass is 35.5. The van der Waals surface area contributed by atoms with E-state index < -0.39 is 11.7 Å². The molecule has 0 atom stereocenters. The molecule has 3 rings (SSSR count). The molecule has 4 nitrogen and oxygen atoms in total. The van der Waals surface area contributed by atoms with Crippen LogP contribution in [0.1, 0.15) is 10.4 Å². The molecule has 6 heteroatoms. The van der Waals surface area contributed by atoms with Gasteiger partial charge in [0.25, 0.3) is 5.91 Å². The Bertz CT molecular complexity index is 879. The number of ether oxygens (including phenoxy) is 1. The Kier molecular flexibility index (Phi) is 4.53. The number of methoxy groups -OCH3 is 1. The largest absolute Gasteiger partial charge is 0.497 e. The number of rotatable bonds is 4. The Balaban J connectivity index is 1.93. The summed E-state index contributed by atoms with van der Waals surface area (Å²) in [5.41, 5.74) is 1.15. The van der Waals surface area contributed by atoms with Crippen molar-refractivity contribution >= 4 is 23.2 Å². The Morgan fingerprint density at radius 3 is 2.58 bits per heavy atom. The monoisotopic (exact) mass is 344 g/mol. The SMILES string of the molecule is COc1ccc(C(=O)Nc2ccc(Cl)cc2-n2cccc2)c(F)c1. The third-order valence-electron chi connectivity index (χ3n) is 3.51. The van der Waals surface area contributed by atoms with Crippen LogP contribution < -0.4 is 10.1 Å². The first-order valence-electron chi connectivity index (χ1n) is 7.16. The van der Waals surface area contributed by atoms with Gasteiger partial charge in [0.1, 0.15) is 11.6 Å². The third-order valence-corrected chi connectivity index (χ3v) is 3.75. The molecule has 0 radical (unpaired) electrons. The predicted octanol–water partition coefficient (Wildman–Crippen LogP) is 4.53. The van der Waals surface area contributed by atoms with Crippen LogP contribution >= 0.6 is 11.6 Å². The molecule has 0 fully saturated rings. The molecule has 122 valence electrons. The van der Waals surface area contributed by atoms with Crippen molar-refractivity contribution in [3.8, 4) is 11.4 Å². The lowest BCUT2D eigenvalue weighted by atomic mass is 10.1. The van der Waals surface area contributed by atoms with Gasteiger partial charge in [0.05, 0.1) is 24.0 Å². The maximum atomic E-state index is 14.1. The summed E-state index contributed by atoms with van der Waals surface area (Å²) in [7, 11) is 1.44. The van der Waals surface area contributed by atoms with E-state index in [9.17, 15) is 9.18 Å². The zero-order valence-electron chi connectivity index (χ0n) is 12.8. The first-order chi connectivity index (χ1) is 11.6. The number of benzene rings is 2. The van der Waals surface area contributed by atoms with Crippen molar-refractivity contribution in [1.29, 1.82) is 0 Å². The minimum absolute atomic E-state index is 0.0655. The van der Waals surface area contributed by atoms with Gasteiger partial charge < -0.3 is 14.6 Å². The molecule has 0 aliphatic heterocycles. The van der Waals surface area contributed by atoms with E-state index in [-0.39, 0.29) is 5.56 Å². The second-order valence-electron chi connectivity index (χ2n) is 5.05. The molecule has 1 heterocycles. The van der Waals surface area contributed by atoms with Gasteiger partial charge in [0.15, 0.2) is 0 Å². The molecule has 0 aliphatic carbocycles. The Hall–Kier alpha value is -2.79. The van der Waals surface area contributed by atoms with E-state index >= 15 is 0 Å². The van der Waals surface area contributed by atoms with Gasteiger partial charge in [-0.25, -0.2) is 4.39 Å². The zero-order chi connectivity index (χ0) is 17.1. The summed E-state index contributed by atoms with van der Waals surface area (Å²) in [4.78, 5) is 12.4. The average Bonchev–Trinajstić information content (AvgIpc) is 3.10. The quantitative estimate of drug-likeness (QED) is 0.755. The molecule has 24 heavy (non-hydrogen) atoms. The Labute approximate surface area is 143 Å². The highest BCUT2D eigenvalue weighted by Crippen LogP contribution is 2.26. The summed E-state index contributed by atoms with van der Waals surface area (Å²) in [6.07, 6.45) is 3.66. The number of nitrogens with zero attached hydrogens (tertiary/aromatic N) is 1. The van der Waals surface area contributed by atoms with Gasteiger partial charge in [0.2, 0.25) is 0 Å². The van der Waals surface area contributed by atoms with E-state index in [1.54, 1.807) is 18.2 Å². The van der Waals surface area contributed by atoms with Gasteiger partial charge in [-0.05, 0) is 42.5 Å². The predicted molar refractivity (Wildman–Crippen MR) is 91.7 cm³/mol. The van der Waals surface area contributed by atoms with Crippen molar-refractivity contribution in [2.45, 2.75) is 0 Å². The van der Waals surface area contributed by atoms with E-state index in [1.807, 2.05) is 29.1 Å². The summed E-state index contributed by atoms with van der Waals surface area (Å²) < 4.78 is 20.8. The summed E-state index contributed by atoms with van der Waals surface area (Å²) >= 11 is 6.05. The molecule has 0 bridgehead atoms. The lowest BCUT2D eigenvalue weighted by Crippen LogP contribution is -2.15. The van der Waals surface area contributed by atoms with Crippen molar-refractivity contribution in [2.24, 2.45) is 0 Å². The molecule has 0 spiro atoms. The molecule has 3 aromatic rings. The van der Waals surface area contributed by atoms with E-state index in [1.165, 1.54) is 25.3 Å².